The maximum Gasteiger partial charge on any atom is 0.0972 e. The van der Waals surface area contributed by atoms with Crippen molar-refractivity contribution in [1.29, 1.82) is 0 Å². The van der Waals surface area contributed by atoms with Gasteiger partial charge in [-0.3, -0.25) is 9.98 Å². The maximum atomic E-state index is 4.99. The number of nitrogens with zero attached hydrogens (tertiary/aromatic N) is 4. The molecule has 7 aromatic rings. The van der Waals surface area contributed by atoms with Crippen molar-refractivity contribution in [2.75, 3.05) is 0 Å². The Hall–Kier alpha value is -5.48. The van der Waals surface area contributed by atoms with E-state index in [9.17, 15) is 0 Å². The first-order valence-corrected chi connectivity index (χ1v) is 13.6. The Morgan fingerprint density at radius 1 is 0.561 bits per heavy atom. The molecule has 3 heterocycles. The Balaban J connectivity index is 1.18. The Kier molecular flexibility index (Phi) is 6.14. The van der Waals surface area contributed by atoms with Crippen LogP contribution in [-0.4, -0.2) is 21.7 Å². The lowest BCUT2D eigenvalue weighted by Gasteiger charge is -2.09. The van der Waals surface area contributed by atoms with Gasteiger partial charge in [-0.05, 0) is 43.0 Å². The van der Waals surface area contributed by atoms with Gasteiger partial charge in [0.05, 0.1) is 33.6 Å². The molecular formula is C37H26N4. The first kappa shape index (κ1) is 24.6. The summed E-state index contributed by atoms with van der Waals surface area (Å²) >= 11 is 0. The summed E-state index contributed by atoms with van der Waals surface area (Å²) in [6, 6.07) is 37.8. The van der Waals surface area contributed by atoms with E-state index >= 15 is 0 Å². The van der Waals surface area contributed by atoms with Crippen LogP contribution in [0.15, 0.2) is 126 Å². The second-order valence-electron chi connectivity index (χ2n) is 9.99. The lowest BCUT2D eigenvalue weighted by Crippen LogP contribution is -1.89. The summed E-state index contributed by atoms with van der Waals surface area (Å²) in [7, 11) is 0. The molecule has 4 aromatic carbocycles. The predicted octanol–water partition coefficient (Wildman–Crippen LogP) is 9.70. The summed E-state index contributed by atoms with van der Waals surface area (Å²) in [4.78, 5) is 18.8. The minimum Gasteiger partial charge on any atom is -0.262 e. The molecule has 41 heavy (non-hydrogen) atoms. The molecular weight excluding hydrogens is 500 g/mol. The van der Waals surface area contributed by atoms with Gasteiger partial charge in [0.2, 0.25) is 0 Å². The van der Waals surface area contributed by atoms with Gasteiger partial charge >= 0.3 is 0 Å². The Bertz CT molecular complexity index is 2110. The molecule has 0 fully saturated rings. The zero-order valence-electron chi connectivity index (χ0n) is 22.6. The van der Waals surface area contributed by atoms with E-state index in [1.807, 2.05) is 31.3 Å². The highest BCUT2D eigenvalue weighted by Crippen LogP contribution is 2.33. The largest absolute Gasteiger partial charge is 0.262 e. The van der Waals surface area contributed by atoms with Crippen LogP contribution in [0.5, 0.6) is 0 Å². The predicted molar refractivity (Wildman–Crippen MR) is 173 cm³/mol. The highest BCUT2D eigenvalue weighted by atomic mass is 14.8. The molecule has 0 amide bonds. The molecule has 194 valence electrons. The summed E-state index contributed by atoms with van der Waals surface area (Å²) in [5.41, 5.74) is 10.8. The summed E-state index contributed by atoms with van der Waals surface area (Å²) in [6.07, 6.45) is 5.86. The van der Waals surface area contributed by atoms with Gasteiger partial charge in [0.15, 0.2) is 0 Å². The molecule has 0 unspecified atom stereocenters. The van der Waals surface area contributed by atoms with Gasteiger partial charge in [0.1, 0.15) is 0 Å². The fourth-order valence-electron chi connectivity index (χ4n) is 5.38. The summed E-state index contributed by atoms with van der Waals surface area (Å²) in [5, 5.41) is 3.23. The number of hydrogen-bond donors (Lipinski definition) is 0. The molecule has 0 N–H and O–H groups in total. The SMILES string of the molecule is C=Nc1c(/C=C\C)ccc2ccc(-c3ccc(-c4ccc(-c5ccc6ccc7cccnc7c6n5)cc4)cc3)nc12. The van der Waals surface area contributed by atoms with Gasteiger partial charge in [-0.1, -0.05) is 103 Å². The molecule has 3 aromatic heterocycles. The fourth-order valence-corrected chi connectivity index (χ4v) is 5.38. The monoisotopic (exact) mass is 526 g/mol. The molecule has 0 saturated heterocycles. The molecule has 7 rings (SSSR count). The summed E-state index contributed by atoms with van der Waals surface area (Å²) < 4.78 is 0. The lowest BCUT2D eigenvalue weighted by atomic mass is 10.00. The zero-order chi connectivity index (χ0) is 27.8. The minimum absolute atomic E-state index is 0.810. The van der Waals surface area contributed by atoms with E-state index < -0.39 is 0 Å². The van der Waals surface area contributed by atoms with Crippen LogP contribution in [0.2, 0.25) is 0 Å². The van der Waals surface area contributed by atoms with Crippen LogP contribution < -0.4 is 0 Å². The van der Waals surface area contributed by atoms with Gasteiger partial charge in [-0.25, -0.2) is 9.97 Å². The lowest BCUT2D eigenvalue weighted by molar-refractivity contribution is 1.37. The smallest absolute Gasteiger partial charge is 0.0972 e. The van der Waals surface area contributed by atoms with Gasteiger partial charge in [-0.15, -0.1) is 0 Å². The molecule has 0 bridgehead atoms. The van der Waals surface area contributed by atoms with Gasteiger partial charge in [0, 0.05) is 39.0 Å². The number of rotatable bonds is 5. The van der Waals surface area contributed by atoms with Crippen LogP contribution in [-0.2, 0) is 0 Å². The third kappa shape index (κ3) is 4.46. The van der Waals surface area contributed by atoms with E-state index in [0.717, 1.165) is 77.6 Å². The van der Waals surface area contributed by atoms with Crippen molar-refractivity contribution in [3.63, 3.8) is 0 Å². The Morgan fingerprint density at radius 3 is 1.68 bits per heavy atom. The van der Waals surface area contributed by atoms with Crippen LogP contribution >= 0.6 is 0 Å². The number of hydrogen-bond acceptors (Lipinski definition) is 4. The van der Waals surface area contributed by atoms with Gasteiger partial charge in [0.25, 0.3) is 0 Å². The highest BCUT2D eigenvalue weighted by molar-refractivity contribution is 6.03. The first-order chi connectivity index (χ1) is 20.2. The molecule has 0 atom stereocenters. The normalized spacial score (nSPS) is 11.5. The topological polar surface area (TPSA) is 51.0 Å². The number of benzene rings is 4. The minimum atomic E-state index is 0.810. The van der Waals surface area contributed by atoms with E-state index in [2.05, 4.69) is 120 Å². The highest BCUT2D eigenvalue weighted by Gasteiger charge is 2.10. The van der Waals surface area contributed by atoms with Gasteiger partial charge in [-0.2, -0.15) is 0 Å². The van der Waals surface area contributed by atoms with E-state index in [1.165, 1.54) is 0 Å². The van der Waals surface area contributed by atoms with Crippen molar-refractivity contribution in [1.82, 2.24) is 15.0 Å². The number of allylic oxidation sites excluding steroid dienone is 1. The van der Waals surface area contributed by atoms with E-state index in [4.69, 9.17) is 9.97 Å². The van der Waals surface area contributed by atoms with Gasteiger partial charge < -0.3 is 0 Å². The second-order valence-corrected chi connectivity index (χ2v) is 9.99. The van der Waals surface area contributed by atoms with E-state index in [0.29, 0.717) is 0 Å². The molecule has 0 radical (unpaired) electrons. The van der Waals surface area contributed by atoms with E-state index in [-0.39, 0.29) is 0 Å². The number of aromatic nitrogens is 3. The second kappa shape index (κ2) is 10.2. The third-order valence-electron chi connectivity index (χ3n) is 7.50. The molecule has 4 nitrogen and oxygen atoms in total. The van der Waals surface area contributed by atoms with Crippen LogP contribution in [0.4, 0.5) is 5.69 Å². The van der Waals surface area contributed by atoms with Crippen molar-refractivity contribution < 1.29 is 0 Å². The van der Waals surface area contributed by atoms with Crippen LogP contribution in [0, 0.1) is 0 Å². The quantitative estimate of drug-likeness (QED) is 0.166. The summed E-state index contributed by atoms with van der Waals surface area (Å²) in [5.74, 6) is 0. The Labute approximate surface area is 238 Å². The molecule has 0 aliphatic rings. The molecule has 4 heteroatoms. The first-order valence-electron chi connectivity index (χ1n) is 13.6. The van der Waals surface area contributed by atoms with Crippen LogP contribution in [0.1, 0.15) is 12.5 Å². The summed E-state index contributed by atoms with van der Waals surface area (Å²) in [6.45, 7) is 5.79. The molecule has 0 aliphatic heterocycles. The number of pyridine rings is 3. The zero-order valence-corrected chi connectivity index (χ0v) is 22.6. The van der Waals surface area contributed by atoms with Crippen molar-refractivity contribution in [2.45, 2.75) is 6.92 Å². The standard InChI is InChI=1S/C37H26N4/c1-3-5-28-15-17-30-19-21-32(40-36(30)34(28)38-2)26-11-7-24(8-12-26)25-9-13-27(14-10-25)33-22-20-31-18-16-29-6-4-23-39-35(29)37(31)41-33/h3-23H,2H2,1H3/b5-3-. The van der Waals surface area contributed by atoms with Crippen molar-refractivity contribution in [3.8, 4) is 33.6 Å². The number of aliphatic imine (C=N–C) groups is 1. The van der Waals surface area contributed by atoms with E-state index in [1.54, 1.807) is 0 Å². The average Bonchev–Trinajstić information content (AvgIpc) is 3.04. The van der Waals surface area contributed by atoms with Crippen molar-refractivity contribution in [3.05, 3.63) is 127 Å². The molecule has 0 aliphatic carbocycles. The van der Waals surface area contributed by atoms with Crippen LogP contribution in [0.3, 0.4) is 0 Å². The molecule has 0 spiro atoms. The average molecular weight is 527 g/mol. The fraction of sp³-hybridized carbons (Fsp3) is 0.0270. The van der Waals surface area contributed by atoms with Crippen molar-refractivity contribution >= 4 is 51.2 Å². The van der Waals surface area contributed by atoms with Crippen LogP contribution in [0.25, 0.3) is 72.4 Å². The molecule has 0 saturated carbocycles. The number of fused-ring (bicyclic) bond motifs is 4. The maximum absolute atomic E-state index is 4.99. The van der Waals surface area contributed by atoms with Crippen molar-refractivity contribution in [2.24, 2.45) is 4.99 Å². The Morgan fingerprint density at radius 2 is 1.07 bits per heavy atom. The third-order valence-corrected chi connectivity index (χ3v) is 7.50.